The summed E-state index contributed by atoms with van der Waals surface area (Å²) in [7, 11) is 1.90. The summed E-state index contributed by atoms with van der Waals surface area (Å²) in [6.45, 7) is 2.64. The van der Waals surface area contributed by atoms with Gasteiger partial charge < -0.3 is 26.3 Å². The molecule has 0 saturated carbocycles. The Morgan fingerprint density at radius 2 is 2.04 bits per heavy atom. The van der Waals surface area contributed by atoms with E-state index in [-0.39, 0.29) is 19.3 Å². The van der Waals surface area contributed by atoms with E-state index in [1.165, 1.54) is 0 Å². The van der Waals surface area contributed by atoms with Crippen molar-refractivity contribution in [2.24, 2.45) is 11.5 Å². The van der Waals surface area contributed by atoms with E-state index >= 15 is 0 Å². The Morgan fingerprint density at radius 3 is 2.75 bits per heavy atom. The lowest BCUT2D eigenvalue weighted by molar-refractivity contribution is -0.126. The standard InChI is InChI=1S/C16H24N4O4/c1-10(5-11-3-4-13-14(6-11)24-9-23-13)20(2)8-19-16(22)12(17)7-15(18)21/h3-4,6,10,12H,5,7-9,17H2,1-2H3,(H2,18,21)(H,19,22). The first-order chi connectivity index (χ1) is 11.4. The molecule has 1 aliphatic rings. The number of carbonyl (C=O) groups is 2. The lowest BCUT2D eigenvalue weighted by atomic mass is 10.1. The van der Waals surface area contributed by atoms with E-state index in [0.29, 0.717) is 6.67 Å². The van der Waals surface area contributed by atoms with Crippen molar-refractivity contribution >= 4 is 11.8 Å². The zero-order valence-corrected chi connectivity index (χ0v) is 14.0. The van der Waals surface area contributed by atoms with E-state index in [9.17, 15) is 9.59 Å². The van der Waals surface area contributed by atoms with Crippen molar-refractivity contribution in [2.75, 3.05) is 20.5 Å². The van der Waals surface area contributed by atoms with Gasteiger partial charge in [0.15, 0.2) is 11.5 Å². The number of carbonyl (C=O) groups excluding carboxylic acids is 2. The average molecular weight is 336 g/mol. The highest BCUT2D eigenvalue weighted by Gasteiger charge is 2.18. The van der Waals surface area contributed by atoms with Crippen LogP contribution in [0.5, 0.6) is 11.5 Å². The first kappa shape index (κ1) is 18.0. The van der Waals surface area contributed by atoms with Gasteiger partial charge in [0.1, 0.15) is 0 Å². The maximum absolute atomic E-state index is 11.8. The molecule has 0 bridgehead atoms. The van der Waals surface area contributed by atoms with Crippen LogP contribution in [0.25, 0.3) is 0 Å². The molecule has 5 N–H and O–H groups in total. The van der Waals surface area contributed by atoms with Gasteiger partial charge in [-0.05, 0) is 38.1 Å². The summed E-state index contributed by atoms with van der Waals surface area (Å²) in [4.78, 5) is 24.6. The van der Waals surface area contributed by atoms with Crippen molar-refractivity contribution in [1.82, 2.24) is 10.2 Å². The molecule has 0 aliphatic carbocycles. The molecular formula is C16H24N4O4. The number of amides is 2. The van der Waals surface area contributed by atoms with Crippen LogP contribution in [0.2, 0.25) is 0 Å². The second kappa shape index (κ2) is 7.98. The van der Waals surface area contributed by atoms with Crippen LogP contribution >= 0.6 is 0 Å². The van der Waals surface area contributed by atoms with Gasteiger partial charge in [0.2, 0.25) is 18.6 Å². The molecule has 1 aromatic carbocycles. The van der Waals surface area contributed by atoms with Crippen molar-refractivity contribution in [1.29, 1.82) is 0 Å². The molecule has 0 aromatic heterocycles. The van der Waals surface area contributed by atoms with Crippen LogP contribution in [-0.4, -0.2) is 49.3 Å². The summed E-state index contributed by atoms with van der Waals surface area (Å²) in [5.41, 5.74) is 11.8. The molecule has 1 aromatic rings. The second-order valence-electron chi connectivity index (χ2n) is 5.97. The number of fused-ring (bicyclic) bond motifs is 1. The lowest BCUT2D eigenvalue weighted by Gasteiger charge is -2.25. The Labute approximate surface area is 141 Å². The number of ether oxygens (including phenoxy) is 2. The van der Waals surface area contributed by atoms with E-state index in [4.69, 9.17) is 20.9 Å². The fourth-order valence-corrected chi connectivity index (χ4v) is 2.36. The molecular weight excluding hydrogens is 312 g/mol. The number of nitrogens with one attached hydrogen (secondary N) is 1. The van der Waals surface area contributed by atoms with E-state index in [1.54, 1.807) is 0 Å². The van der Waals surface area contributed by atoms with Gasteiger partial charge in [-0.25, -0.2) is 0 Å². The van der Waals surface area contributed by atoms with E-state index in [0.717, 1.165) is 23.5 Å². The predicted molar refractivity (Wildman–Crippen MR) is 88.3 cm³/mol. The van der Waals surface area contributed by atoms with Crippen molar-refractivity contribution < 1.29 is 19.1 Å². The first-order valence-electron chi connectivity index (χ1n) is 7.77. The van der Waals surface area contributed by atoms with E-state index < -0.39 is 17.9 Å². The molecule has 8 nitrogen and oxygen atoms in total. The molecule has 8 heteroatoms. The average Bonchev–Trinajstić information content (AvgIpc) is 2.99. The largest absolute Gasteiger partial charge is 0.454 e. The van der Waals surface area contributed by atoms with Crippen LogP contribution in [0.3, 0.4) is 0 Å². The molecule has 2 atom stereocenters. The fraction of sp³-hybridized carbons (Fsp3) is 0.500. The summed E-state index contributed by atoms with van der Waals surface area (Å²) in [5, 5.41) is 2.71. The van der Waals surface area contributed by atoms with Gasteiger partial charge in [-0.3, -0.25) is 14.5 Å². The molecule has 2 unspecified atom stereocenters. The van der Waals surface area contributed by atoms with Gasteiger partial charge in [0, 0.05) is 6.04 Å². The smallest absolute Gasteiger partial charge is 0.238 e. The summed E-state index contributed by atoms with van der Waals surface area (Å²) in [5.74, 6) is 0.529. The minimum absolute atomic E-state index is 0.164. The molecule has 2 amide bonds. The quantitative estimate of drug-likeness (QED) is 0.553. The van der Waals surface area contributed by atoms with Gasteiger partial charge in [0.05, 0.1) is 19.1 Å². The van der Waals surface area contributed by atoms with E-state index in [2.05, 4.69) is 12.2 Å². The van der Waals surface area contributed by atoms with Crippen molar-refractivity contribution in [2.45, 2.75) is 31.8 Å². The zero-order chi connectivity index (χ0) is 17.7. The monoisotopic (exact) mass is 336 g/mol. The van der Waals surface area contributed by atoms with E-state index in [1.807, 2.05) is 30.1 Å². The third-order valence-corrected chi connectivity index (χ3v) is 3.98. The number of nitrogens with zero attached hydrogens (tertiary/aromatic N) is 1. The molecule has 0 saturated heterocycles. The van der Waals surface area contributed by atoms with Crippen LogP contribution in [0, 0.1) is 0 Å². The van der Waals surface area contributed by atoms with Crippen LogP contribution in [0.1, 0.15) is 18.9 Å². The molecule has 0 spiro atoms. The lowest BCUT2D eigenvalue weighted by Crippen LogP contribution is -2.48. The van der Waals surface area contributed by atoms with Crippen molar-refractivity contribution in [3.63, 3.8) is 0 Å². The number of rotatable bonds is 8. The minimum atomic E-state index is -0.917. The number of hydrogen-bond donors (Lipinski definition) is 3. The first-order valence-corrected chi connectivity index (χ1v) is 7.77. The van der Waals surface area contributed by atoms with Crippen LogP contribution < -0.4 is 26.3 Å². The van der Waals surface area contributed by atoms with Crippen LogP contribution in [0.15, 0.2) is 18.2 Å². The maximum atomic E-state index is 11.8. The van der Waals surface area contributed by atoms with Gasteiger partial charge in [-0.1, -0.05) is 6.07 Å². The Bertz CT molecular complexity index is 608. The minimum Gasteiger partial charge on any atom is -0.454 e. The zero-order valence-electron chi connectivity index (χ0n) is 14.0. The Kier molecular flexibility index (Phi) is 5.99. The highest BCUT2D eigenvalue weighted by Crippen LogP contribution is 2.32. The Morgan fingerprint density at radius 1 is 1.33 bits per heavy atom. The number of nitrogens with two attached hydrogens (primary N) is 2. The highest BCUT2D eigenvalue weighted by molar-refractivity contribution is 5.87. The third-order valence-electron chi connectivity index (χ3n) is 3.98. The second-order valence-corrected chi connectivity index (χ2v) is 5.97. The van der Waals surface area contributed by atoms with Gasteiger partial charge in [0.25, 0.3) is 0 Å². The molecule has 132 valence electrons. The number of likely N-dealkylation sites (N-methyl/N-ethyl adjacent to an activating group) is 1. The molecule has 2 rings (SSSR count). The van der Waals surface area contributed by atoms with Gasteiger partial charge >= 0.3 is 0 Å². The maximum Gasteiger partial charge on any atom is 0.238 e. The number of primary amides is 1. The van der Waals surface area contributed by atoms with Crippen molar-refractivity contribution in [3.05, 3.63) is 23.8 Å². The summed E-state index contributed by atoms with van der Waals surface area (Å²) in [6, 6.07) is 5.13. The molecule has 0 fully saturated rings. The Balaban J connectivity index is 1.80. The van der Waals surface area contributed by atoms with Crippen molar-refractivity contribution in [3.8, 4) is 11.5 Å². The molecule has 24 heavy (non-hydrogen) atoms. The van der Waals surface area contributed by atoms with Crippen LogP contribution in [-0.2, 0) is 16.0 Å². The molecule has 1 aliphatic heterocycles. The summed E-state index contributed by atoms with van der Waals surface area (Å²) >= 11 is 0. The fourth-order valence-electron chi connectivity index (χ4n) is 2.36. The summed E-state index contributed by atoms with van der Waals surface area (Å²) < 4.78 is 10.7. The SMILES string of the molecule is CC(Cc1ccc2c(c1)OCO2)N(C)CNC(=O)C(N)CC(N)=O. The number of hydrogen-bond acceptors (Lipinski definition) is 6. The third kappa shape index (κ3) is 4.84. The van der Waals surface area contributed by atoms with Crippen LogP contribution in [0.4, 0.5) is 0 Å². The molecule has 0 radical (unpaired) electrons. The predicted octanol–water partition coefficient (Wildman–Crippen LogP) is -0.445. The summed E-state index contributed by atoms with van der Waals surface area (Å²) in [6.07, 6.45) is 0.624. The Hall–Kier alpha value is -2.32. The number of benzene rings is 1. The van der Waals surface area contributed by atoms with Gasteiger partial charge in [-0.2, -0.15) is 0 Å². The van der Waals surface area contributed by atoms with Gasteiger partial charge in [-0.15, -0.1) is 0 Å². The highest BCUT2D eigenvalue weighted by atomic mass is 16.7. The normalized spacial score (nSPS) is 15.2. The topological polar surface area (TPSA) is 120 Å². The molecule has 1 heterocycles.